The van der Waals surface area contributed by atoms with E-state index in [0.717, 1.165) is 72.1 Å². The topological polar surface area (TPSA) is 52.2 Å². The molecule has 0 aliphatic heterocycles. The van der Waals surface area contributed by atoms with Crippen LogP contribution in [0.3, 0.4) is 0 Å². The fourth-order valence-corrected chi connectivity index (χ4v) is 7.90. The lowest BCUT2D eigenvalue weighted by Crippen LogP contribution is -2.15. The quantitative estimate of drug-likeness (QED) is 0.199. The molecule has 0 saturated heterocycles. The largest absolute Gasteiger partial charge is 0.456 e. The zero-order chi connectivity index (χ0) is 26.8. The second kappa shape index (κ2) is 6.34. The monoisotopic (exact) mass is 527 g/mol. The Morgan fingerprint density at radius 2 is 1.29 bits per heavy atom. The second-order valence-electron chi connectivity index (χ2n) is 11.9. The summed E-state index contributed by atoms with van der Waals surface area (Å²) >= 11 is 0. The molecule has 0 saturated carbocycles. The fourth-order valence-electron chi connectivity index (χ4n) is 7.90. The molecule has 0 atom stereocenters. The van der Waals surface area contributed by atoms with Crippen molar-refractivity contribution < 1.29 is 4.42 Å². The Hall–Kier alpha value is -5.36. The van der Waals surface area contributed by atoms with Gasteiger partial charge in [0.1, 0.15) is 22.2 Å². The van der Waals surface area contributed by atoms with Gasteiger partial charge in [-0.05, 0) is 58.7 Å². The molecule has 1 aliphatic rings. The molecule has 5 heterocycles. The Labute approximate surface area is 232 Å². The third-order valence-electron chi connectivity index (χ3n) is 9.57. The van der Waals surface area contributed by atoms with Gasteiger partial charge in [-0.15, -0.1) is 0 Å². The number of hydrogen-bond donors (Lipinski definition) is 0. The van der Waals surface area contributed by atoms with E-state index in [-0.39, 0.29) is 5.41 Å². The van der Waals surface area contributed by atoms with Gasteiger partial charge in [0.05, 0.1) is 33.0 Å². The number of imidazole rings is 4. The van der Waals surface area contributed by atoms with Gasteiger partial charge in [0.25, 0.3) is 0 Å². The van der Waals surface area contributed by atoms with Gasteiger partial charge in [-0.2, -0.15) is 0 Å². The van der Waals surface area contributed by atoms with Gasteiger partial charge in [-0.1, -0.05) is 68.4 Å². The molecule has 41 heavy (non-hydrogen) atoms. The number of benzene rings is 5. The van der Waals surface area contributed by atoms with Crippen molar-refractivity contribution in [1.29, 1.82) is 0 Å². The molecule has 0 radical (unpaired) electrons. The average Bonchev–Trinajstić information content (AvgIpc) is 3.79. The number of furan rings is 1. The summed E-state index contributed by atoms with van der Waals surface area (Å²) in [7, 11) is 0. The van der Waals surface area contributed by atoms with Crippen LogP contribution in [-0.2, 0) is 5.41 Å². The first-order valence-corrected chi connectivity index (χ1v) is 14.0. The average molecular weight is 528 g/mol. The van der Waals surface area contributed by atoms with Crippen molar-refractivity contribution in [2.75, 3.05) is 0 Å². The molecule has 0 spiro atoms. The first-order valence-electron chi connectivity index (χ1n) is 14.0. The molecular formula is C35H21N5O. The third-order valence-corrected chi connectivity index (χ3v) is 9.57. The molecule has 0 N–H and O–H groups in total. The Morgan fingerprint density at radius 1 is 0.585 bits per heavy atom. The standard InChI is InChI=1S/C35H21N5O/c1-35(2)21-10-5-3-8-18(21)19-14-15-23-31(29(19)35)37-34-39(23)25-12-7-11-24-32(25)40(34)33-36-30-22(38(24)33)16-17-27-28(30)20-9-4-6-13-26(20)41-27/h3-17H,1-2H3. The Kier molecular flexibility index (Phi) is 3.17. The van der Waals surface area contributed by atoms with Crippen LogP contribution in [0.5, 0.6) is 0 Å². The van der Waals surface area contributed by atoms with Crippen molar-refractivity contribution in [1.82, 2.24) is 23.2 Å². The maximum Gasteiger partial charge on any atom is 0.223 e. The SMILES string of the molecule is CC1(C)c2ccccc2-c2ccc3c(nc4n3c3cccc5c3n4c3nc4c6c(ccc4n53)oc3ccccc36)c21. The maximum atomic E-state index is 6.20. The van der Waals surface area contributed by atoms with E-state index in [1.807, 2.05) is 12.1 Å². The van der Waals surface area contributed by atoms with Crippen LogP contribution in [0.2, 0.25) is 0 Å². The minimum absolute atomic E-state index is 0.141. The predicted octanol–water partition coefficient (Wildman–Crippen LogP) is 8.34. The Bertz CT molecular complexity index is 2780. The van der Waals surface area contributed by atoms with Crippen molar-refractivity contribution in [3.05, 3.63) is 102 Å². The molecule has 0 bridgehead atoms. The van der Waals surface area contributed by atoms with E-state index < -0.39 is 0 Å². The van der Waals surface area contributed by atoms with E-state index in [0.29, 0.717) is 0 Å². The number of aromatic nitrogens is 5. The van der Waals surface area contributed by atoms with E-state index in [9.17, 15) is 0 Å². The van der Waals surface area contributed by atoms with Gasteiger partial charge in [-0.3, -0.25) is 8.80 Å². The second-order valence-corrected chi connectivity index (χ2v) is 11.9. The molecule has 0 amide bonds. The van der Waals surface area contributed by atoms with Crippen LogP contribution < -0.4 is 0 Å². The molecule has 0 fully saturated rings. The summed E-state index contributed by atoms with van der Waals surface area (Å²) in [5.74, 6) is 1.76. The third kappa shape index (κ3) is 2.10. The van der Waals surface area contributed by atoms with Gasteiger partial charge < -0.3 is 4.42 Å². The molecule has 0 unspecified atom stereocenters. The summed E-state index contributed by atoms with van der Waals surface area (Å²) in [4.78, 5) is 10.8. The van der Waals surface area contributed by atoms with Crippen LogP contribution in [0.1, 0.15) is 25.0 Å². The van der Waals surface area contributed by atoms with Crippen molar-refractivity contribution >= 4 is 72.1 Å². The summed E-state index contributed by atoms with van der Waals surface area (Å²) < 4.78 is 13.0. The maximum absolute atomic E-state index is 6.20. The highest BCUT2D eigenvalue weighted by Crippen LogP contribution is 2.51. The van der Waals surface area contributed by atoms with E-state index >= 15 is 0 Å². The van der Waals surface area contributed by atoms with Gasteiger partial charge >= 0.3 is 0 Å². The first-order chi connectivity index (χ1) is 20.1. The van der Waals surface area contributed by atoms with Crippen LogP contribution in [0, 0.1) is 0 Å². The summed E-state index contributed by atoms with van der Waals surface area (Å²) in [6, 6.07) is 32.3. The van der Waals surface area contributed by atoms with E-state index in [1.54, 1.807) is 0 Å². The van der Waals surface area contributed by atoms with E-state index in [1.165, 1.54) is 22.3 Å². The van der Waals surface area contributed by atoms with Crippen LogP contribution in [-0.4, -0.2) is 23.2 Å². The fraction of sp³-hybridized carbons (Fsp3) is 0.0857. The predicted molar refractivity (Wildman–Crippen MR) is 163 cm³/mol. The van der Waals surface area contributed by atoms with Gasteiger partial charge in [0.15, 0.2) is 0 Å². The molecule has 5 aromatic carbocycles. The number of para-hydroxylation sites is 2. The lowest BCUT2D eigenvalue weighted by molar-refractivity contribution is 0.665. The zero-order valence-electron chi connectivity index (χ0n) is 22.3. The summed E-state index contributed by atoms with van der Waals surface area (Å²) in [5.41, 5.74) is 14.5. The molecule has 11 rings (SSSR count). The minimum Gasteiger partial charge on any atom is -0.456 e. The summed E-state index contributed by atoms with van der Waals surface area (Å²) in [5, 5.41) is 2.15. The molecule has 6 heteroatoms. The summed E-state index contributed by atoms with van der Waals surface area (Å²) in [6.45, 7) is 4.65. The molecular weight excluding hydrogens is 506 g/mol. The van der Waals surface area contributed by atoms with Crippen molar-refractivity contribution in [2.24, 2.45) is 0 Å². The highest BCUT2D eigenvalue weighted by atomic mass is 16.3. The summed E-state index contributed by atoms with van der Waals surface area (Å²) in [6.07, 6.45) is 0. The molecule has 6 nitrogen and oxygen atoms in total. The molecule has 1 aliphatic carbocycles. The Balaban J connectivity index is 1.34. The van der Waals surface area contributed by atoms with Crippen LogP contribution >= 0.6 is 0 Å². The van der Waals surface area contributed by atoms with Crippen LogP contribution in [0.25, 0.3) is 83.2 Å². The van der Waals surface area contributed by atoms with Crippen molar-refractivity contribution in [3.8, 4) is 11.1 Å². The molecule has 10 aromatic rings. The number of nitrogens with zero attached hydrogens (tertiary/aromatic N) is 5. The van der Waals surface area contributed by atoms with Gasteiger partial charge in [0, 0.05) is 10.8 Å². The lowest BCUT2D eigenvalue weighted by Gasteiger charge is -2.21. The first kappa shape index (κ1) is 20.5. The minimum atomic E-state index is -0.141. The number of hydrogen-bond acceptors (Lipinski definition) is 3. The highest BCUT2D eigenvalue weighted by Gasteiger charge is 2.38. The van der Waals surface area contributed by atoms with Crippen LogP contribution in [0.15, 0.2) is 95.4 Å². The zero-order valence-corrected chi connectivity index (χ0v) is 22.3. The van der Waals surface area contributed by atoms with Gasteiger partial charge in [0.2, 0.25) is 11.6 Å². The van der Waals surface area contributed by atoms with Crippen LogP contribution in [0.4, 0.5) is 0 Å². The Morgan fingerprint density at radius 3 is 2.15 bits per heavy atom. The van der Waals surface area contributed by atoms with Gasteiger partial charge in [-0.25, -0.2) is 14.4 Å². The number of fused-ring (bicyclic) bond motifs is 18. The molecule has 192 valence electrons. The lowest BCUT2D eigenvalue weighted by atomic mass is 9.82. The van der Waals surface area contributed by atoms with E-state index in [2.05, 4.69) is 106 Å². The molecule has 5 aromatic heterocycles. The van der Waals surface area contributed by atoms with Crippen molar-refractivity contribution in [2.45, 2.75) is 19.3 Å². The van der Waals surface area contributed by atoms with E-state index in [4.69, 9.17) is 14.4 Å². The normalized spacial score (nSPS) is 14.8. The smallest absolute Gasteiger partial charge is 0.223 e. The van der Waals surface area contributed by atoms with Crippen molar-refractivity contribution in [3.63, 3.8) is 0 Å². The highest BCUT2D eigenvalue weighted by molar-refractivity contribution is 6.18. The number of rotatable bonds is 0.